The lowest BCUT2D eigenvalue weighted by molar-refractivity contribution is -0.141. The van der Waals surface area contributed by atoms with Gasteiger partial charge in [0.05, 0.1) is 5.75 Å². The van der Waals surface area contributed by atoms with Crippen molar-refractivity contribution in [2.75, 3.05) is 12.9 Å². The molecular weight excluding hydrogens is 396 g/mol. The predicted octanol–water partition coefficient (Wildman–Crippen LogP) is 1.01. The van der Waals surface area contributed by atoms with Crippen molar-refractivity contribution in [2.45, 2.75) is 18.2 Å². The van der Waals surface area contributed by atoms with E-state index in [9.17, 15) is 14.4 Å². The summed E-state index contributed by atoms with van der Waals surface area (Å²) in [5, 5.41) is 0.477. The van der Waals surface area contributed by atoms with Gasteiger partial charge in [-0.3, -0.25) is 18.7 Å². The molecule has 29 heavy (non-hydrogen) atoms. The van der Waals surface area contributed by atoms with E-state index in [1.807, 2.05) is 30.3 Å². The molecule has 9 nitrogen and oxygen atoms in total. The number of aryl methyl sites for hydroxylation is 1. The van der Waals surface area contributed by atoms with Crippen molar-refractivity contribution in [2.24, 2.45) is 14.1 Å². The van der Waals surface area contributed by atoms with Crippen LogP contribution in [0, 0.1) is 0 Å². The van der Waals surface area contributed by atoms with Crippen LogP contribution in [0.5, 0.6) is 0 Å². The van der Waals surface area contributed by atoms with Crippen LogP contribution in [0.15, 0.2) is 44.9 Å². The molecule has 0 aliphatic rings. The van der Waals surface area contributed by atoms with E-state index in [4.69, 9.17) is 9.47 Å². The fourth-order valence-electron chi connectivity index (χ4n) is 2.68. The minimum absolute atomic E-state index is 0.0443. The standard InChI is InChI=1S/C19H20N4O5S/c1-22-16-15(18(25)23(2)19(22)26)17(21-13(20-16)10-27-3)29-11-14(24)28-9-12-7-5-4-6-8-12/h4-8H,9-11H2,1-3H3. The molecule has 0 aliphatic heterocycles. The molecule has 0 aliphatic carbocycles. The van der Waals surface area contributed by atoms with Crippen molar-refractivity contribution in [1.29, 1.82) is 0 Å². The fourth-order valence-corrected chi connectivity index (χ4v) is 3.51. The number of methoxy groups -OCH3 is 1. The Labute approximate surface area is 170 Å². The molecule has 0 bridgehead atoms. The number of carbonyl (C=O) groups excluding carboxylic acids is 1. The highest BCUT2D eigenvalue weighted by Gasteiger charge is 2.18. The molecular formula is C19H20N4O5S. The molecule has 0 atom stereocenters. The van der Waals surface area contributed by atoms with Crippen molar-refractivity contribution in [3.63, 3.8) is 0 Å². The van der Waals surface area contributed by atoms with Crippen molar-refractivity contribution < 1.29 is 14.3 Å². The first kappa shape index (κ1) is 20.7. The molecule has 10 heteroatoms. The lowest BCUT2D eigenvalue weighted by Gasteiger charge is -2.11. The number of aromatic nitrogens is 4. The summed E-state index contributed by atoms with van der Waals surface area (Å²) < 4.78 is 12.6. The van der Waals surface area contributed by atoms with Gasteiger partial charge < -0.3 is 9.47 Å². The van der Waals surface area contributed by atoms with Crippen LogP contribution in [0.25, 0.3) is 11.0 Å². The molecule has 0 saturated carbocycles. The second kappa shape index (κ2) is 9.01. The Hall–Kier alpha value is -2.98. The summed E-state index contributed by atoms with van der Waals surface area (Å²) in [4.78, 5) is 45.7. The maximum absolute atomic E-state index is 12.7. The van der Waals surface area contributed by atoms with E-state index in [1.165, 1.54) is 25.8 Å². The first-order valence-corrected chi connectivity index (χ1v) is 9.69. The zero-order valence-electron chi connectivity index (χ0n) is 16.2. The molecule has 2 heterocycles. The molecule has 0 unspecified atom stereocenters. The number of esters is 1. The number of carbonyl (C=O) groups is 1. The summed E-state index contributed by atoms with van der Waals surface area (Å²) in [5.74, 6) is -0.180. The van der Waals surface area contributed by atoms with Crippen LogP contribution < -0.4 is 11.2 Å². The first-order chi connectivity index (χ1) is 13.9. The van der Waals surface area contributed by atoms with E-state index in [2.05, 4.69) is 9.97 Å². The van der Waals surface area contributed by atoms with E-state index >= 15 is 0 Å². The normalized spacial score (nSPS) is 11.0. The highest BCUT2D eigenvalue weighted by atomic mass is 32.2. The monoisotopic (exact) mass is 416 g/mol. The van der Waals surface area contributed by atoms with Gasteiger partial charge in [0, 0.05) is 21.2 Å². The van der Waals surface area contributed by atoms with Crippen LogP contribution in [-0.4, -0.2) is 37.9 Å². The molecule has 0 spiro atoms. The molecule has 0 saturated heterocycles. The third-order valence-electron chi connectivity index (χ3n) is 4.16. The maximum Gasteiger partial charge on any atom is 0.332 e. The van der Waals surface area contributed by atoms with Crippen LogP contribution in [0.1, 0.15) is 11.4 Å². The highest BCUT2D eigenvalue weighted by Crippen LogP contribution is 2.22. The predicted molar refractivity (Wildman–Crippen MR) is 108 cm³/mol. The quantitative estimate of drug-likeness (QED) is 0.319. The molecule has 3 aromatic rings. The number of hydrogen-bond donors (Lipinski definition) is 0. The molecule has 0 amide bonds. The van der Waals surface area contributed by atoms with Gasteiger partial charge in [0.15, 0.2) is 11.5 Å². The average Bonchev–Trinajstić information content (AvgIpc) is 2.73. The van der Waals surface area contributed by atoms with Crippen molar-refractivity contribution in [3.05, 3.63) is 62.6 Å². The lowest BCUT2D eigenvalue weighted by atomic mass is 10.2. The van der Waals surface area contributed by atoms with Gasteiger partial charge in [-0.2, -0.15) is 0 Å². The Kier molecular flexibility index (Phi) is 6.45. The van der Waals surface area contributed by atoms with Gasteiger partial charge in [-0.1, -0.05) is 42.1 Å². The van der Waals surface area contributed by atoms with Gasteiger partial charge in [0.2, 0.25) is 0 Å². The van der Waals surface area contributed by atoms with E-state index in [0.717, 1.165) is 21.9 Å². The van der Waals surface area contributed by atoms with E-state index in [1.54, 1.807) is 0 Å². The number of benzene rings is 1. The van der Waals surface area contributed by atoms with Crippen molar-refractivity contribution in [1.82, 2.24) is 19.1 Å². The SMILES string of the molecule is COCc1nc(SCC(=O)OCc2ccccc2)c2c(=O)n(C)c(=O)n(C)c2n1. The third-order valence-corrected chi connectivity index (χ3v) is 5.10. The molecule has 2 aromatic heterocycles. The van der Waals surface area contributed by atoms with Gasteiger partial charge in [-0.25, -0.2) is 14.8 Å². The van der Waals surface area contributed by atoms with E-state index in [-0.39, 0.29) is 30.0 Å². The second-order valence-corrected chi connectivity index (χ2v) is 7.18. The Morgan fingerprint density at radius 1 is 1.07 bits per heavy atom. The van der Waals surface area contributed by atoms with Gasteiger partial charge in [-0.15, -0.1) is 0 Å². The number of nitrogens with zero attached hydrogens (tertiary/aromatic N) is 4. The summed E-state index contributed by atoms with van der Waals surface area (Å²) >= 11 is 1.06. The molecule has 3 rings (SSSR count). The zero-order valence-corrected chi connectivity index (χ0v) is 17.1. The molecule has 1 aromatic carbocycles. The van der Waals surface area contributed by atoms with Gasteiger partial charge in [0.25, 0.3) is 5.56 Å². The molecule has 0 fully saturated rings. The fraction of sp³-hybridized carbons (Fsp3) is 0.316. The third kappa shape index (κ3) is 4.54. The minimum Gasteiger partial charge on any atom is -0.460 e. The largest absolute Gasteiger partial charge is 0.460 e. The van der Waals surface area contributed by atoms with Crippen LogP contribution in [-0.2, 0) is 41.6 Å². The number of rotatable bonds is 7. The Balaban J connectivity index is 1.88. The summed E-state index contributed by atoms with van der Waals surface area (Å²) in [6, 6.07) is 9.33. The number of hydrogen-bond acceptors (Lipinski definition) is 8. The highest BCUT2D eigenvalue weighted by molar-refractivity contribution is 8.00. The number of thioether (sulfide) groups is 1. The van der Waals surface area contributed by atoms with Gasteiger partial charge in [-0.05, 0) is 5.56 Å². The molecule has 0 N–H and O–H groups in total. The first-order valence-electron chi connectivity index (χ1n) is 8.70. The summed E-state index contributed by atoms with van der Waals surface area (Å²) in [6.07, 6.45) is 0. The topological polar surface area (TPSA) is 105 Å². The lowest BCUT2D eigenvalue weighted by Crippen LogP contribution is -2.38. The van der Waals surface area contributed by atoms with Crippen molar-refractivity contribution >= 4 is 28.8 Å². The van der Waals surface area contributed by atoms with Crippen LogP contribution in [0.3, 0.4) is 0 Å². The second-order valence-electron chi connectivity index (χ2n) is 6.22. The maximum atomic E-state index is 12.7. The van der Waals surface area contributed by atoms with Crippen molar-refractivity contribution in [3.8, 4) is 0 Å². The summed E-state index contributed by atoms with van der Waals surface area (Å²) in [7, 11) is 4.40. The Morgan fingerprint density at radius 3 is 2.48 bits per heavy atom. The average molecular weight is 416 g/mol. The zero-order chi connectivity index (χ0) is 21.0. The van der Waals surface area contributed by atoms with Crippen LogP contribution >= 0.6 is 11.8 Å². The van der Waals surface area contributed by atoms with Crippen LogP contribution in [0.2, 0.25) is 0 Å². The number of fused-ring (bicyclic) bond motifs is 1. The molecule has 0 radical (unpaired) electrons. The molecule has 152 valence electrons. The smallest absolute Gasteiger partial charge is 0.332 e. The Morgan fingerprint density at radius 2 is 1.79 bits per heavy atom. The van der Waals surface area contributed by atoms with Crippen LogP contribution in [0.4, 0.5) is 0 Å². The van der Waals surface area contributed by atoms with Gasteiger partial charge in [0.1, 0.15) is 23.6 Å². The summed E-state index contributed by atoms with van der Waals surface area (Å²) in [5.41, 5.74) is 0.0555. The van der Waals surface area contributed by atoms with E-state index in [0.29, 0.717) is 10.9 Å². The summed E-state index contributed by atoms with van der Waals surface area (Å²) in [6.45, 7) is 0.265. The van der Waals surface area contributed by atoms with Gasteiger partial charge >= 0.3 is 11.7 Å². The Bertz CT molecular complexity index is 1160. The minimum atomic E-state index is -0.521. The van der Waals surface area contributed by atoms with E-state index < -0.39 is 17.2 Å². The number of ether oxygens (including phenoxy) is 2.